The van der Waals surface area contributed by atoms with Gasteiger partial charge in [-0.25, -0.2) is 13.8 Å². The summed E-state index contributed by atoms with van der Waals surface area (Å²) in [5, 5.41) is 2.47. The summed E-state index contributed by atoms with van der Waals surface area (Å²) < 4.78 is 26.6. The van der Waals surface area contributed by atoms with Crippen LogP contribution >= 0.6 is 22.9 Å². The number of hydrogen-bond donors (Lipinski definition) is 1. The molecule has 6 heteroatoms. The maximum absolute atomic E-state index is 13.5. The highest BCUT2D eigenvalue weighted by molar-refractivity contribution is 7.14. The van der Waals surface area contributed by atoms with Gasteiger partial charge in [-0.2, -0.15) is 0 Å². The van der Waals surface area contributed by atoms with Gasteiger partial charge in [0.05, 0.1) is 15.4 Å². The van der Waals surface area contributed by atoms with Crippen LogP contribution in [0, 0.1) is 18.6 Å². The number of aryl methyl sites for hydroxylation is 1. The molecule has 0 unspecified atom stereocenters. The van der Waals surface area contributed by atoms with E-state index in [2.05, 4.69) is 9.97 Å². The van der Waals surface area contributed by atoms with Crippen LogP contribution in [-0.2, 0) is 0 Å². The summed E-state index contributed by atoms with van der Waals surface area (Å²) in [5.74, 6) is -0.863. The fraction of sp³-hybridized carbons (Fsp3) is 0.0833. The molecule has 2 aromatic heterocycles. The van der Waals surface area contributed by atoms with Crippen molar-refractivity contribution < 1.29 is 8.78 Å². The Bertz CT molecular complexity index is 748. The number of aromatic amines is 1. The number of thiophene rings is 1. The van der Waals surface area contributed by atoms with Crippen molar-refractivity contribution in [2.75, 3.05) is 0 Å². The van der Waals surface area contributed by atoms with Crippen molar-refractivity contribution in [2.24, 2.45) is 0 Å². The van der Waals surface area contributed by atoms with Crippen molar-refractivity contribution in [2.45, 2.75) is 6.92 Å². The Hall–Kier alpha value is -1.46. The minimum atomic E-state index is -0.683. The highest BCUT2D eigenvalue weighted by Gasteiger charge is 2.15. The molecule has 2 nitrogen and oxygen atoms in total. The van der Waals surface area contributed by atoms with Gasteiger partial charge in [0.2, 0.25) is 0 Å². The molecule has 92 valence electrons. The number of fused-ring (bicyclic) bond motifs is 1. The molecule has 3 rings (SSSR count). The van der Waals surface area contributed by atoms with Crippen molar-refractivity contribution in [1.82, 2.24) is 9.97 Å². The Morgan fingerprint density at radius 2 is 2.11 bits per heavy atom. The van der Waals surface area contributed by atoms with Gasteiger partial charge in [-0.3, -0.25) is 0 Å². The zero-order chi connectivity index (χ0) is 12.9. The molecule has 0 amide bonds. The number of hydrogen-bond acceptors (Lipinski definition) is 2. The first-order chi connectivity index (χ1) is 8.56. The summed E-state index contributed by atoms with van der Waals surface area (Å²) in [7, 11) is 0. The first-order valence-corrected chi connectivity index (χ1v) is 6.40. The largest absolute Gasteiger partial charge is 0.337 e. The summed E-state index contributed by atoms with van der Waals surface area (Å²) in [6.45, 7) is 1.88. The Kier molecular flexibility index (Phi) is 2.60. The molecule has 1 aromatic carbocycles. The van der Waals surface area contributed by atoms with E-state index in [0.717, 1.165) is 16.5 Å². The van der Waals surface area contributed by atoms with Crippen LogP contribution in [0.3, 0.4) is 0 Å². The van der Waals surface area contributed by atoms with Gasteiger partial charge in [0.15, 0.2) is 5.82 Å². The summed E-state index contributed by atoms with van der Waals surface area (Å²) in [4.78, 5) is 7.74. The molecule has 0 bridgehead atoms. The second-order valence-corrected chi connectivity index (χ2v) is 5.19. The number of halogens is 3. The van der Waals surface area contributed by atoms with Crippen LogP contribution in [0.25, 0.3) is 21.7 Å². The first-order valence-electron chi connectivity index (χ1n) is 5.15. The number of nitrogens with one attached hydrogen (secondary N) is 1. The van der Waals surface area contributed by atoms with Gasteiger partial charge >= 0.3 is 0 Å². The molecule has 2 heterocycles. The highest BCUT2D eigenvalue weighted by Crippen LogP contribution is 2.35. The van der Waals surface area contributed by atoms with Gasteiger partial charge in [0, 0.05) is 6.07 Å². The molecule has 0 aliphatic rings. The average molecular weight is 285 g/mol. The van der Waals surface area contributed by atoms with E-state index in [1.54, 1.807) is 0 Å². The van der Waals surface area contributed by atoms with Crippen LogP contribution in [0.4, 0.5) is 8.78 Å². The monoisotopic (exact) mass is 284 g/mol. The third-order valence-electron chi connectivity index (χ3n) is 2.62. The summed E-state index contributed by atoms with van der Waals surface area (Å²) in [5.41, 5.74) is 1.38. The van der Waals surface area contributed by atoms with Gasteiger partial charge in [0.1, 0.15) is 17.2 Å². The van der Waals surface area contributed by atoms with Gasteiger partial charge in [0.25, 0.3) is 0 Å². The van der Waals surface area contributed by atoms with Gasteiger partial charge in [-0.15, -0.1) is 11.3 Å². The summed E-state index contributed by atoms with van der Waals surface area (Å²) >= 11 is 7.54. The third kappa shape index (κ3) is 1.71. The van der Waals surface area contributed by atoms with E-state index in [1.165, 1.54) is 17.4 Å². The smallest absolute Gasteiger partial charge is 0.153 e. The van der Waals surface area contributed by atoms with E-state index < -0.39 is 11.6 Å². The van der Waals surface area contributed by atoms with Crippen LogP contribution in [-0.4, -0.2) is 9.97 Å². The van der Waals surface area contributed by atoms with E-state index >= 15 is 0 Å². The van der Waals surface area contributed by atoms with E-state index in [9.17, 15) is 8.78 Å². The maximum atomic E-state index is 13.5. The molecule has 18 heavy (non-hydrogen) atoms. The fourth-order valence-electron chi connectivity index (χ4n) is 1.74. The van der Waals surface area contributed by atoms with Crippen molar-refractivity contribution in [3.8, 4) is 10.7 Å². The Balaban J connectivity index is 2.25. The van der Waals surface area contributed by atoms with E-state index in [1.807, 2.05) is 12.3 Å². The lowest BCUT2D eigenvalue weighted by Crippen LogP contribution is -1.81. The molecule has 0 radical (unpaired) electrons. The zero-order valence-corrected chi connectivity index (χ0v) is 10.8. The van der Waals surface area contributed by atoms with Crippen molar-refractivity contribution in [3.05, 3.63) is 39.7 Å². The van der Waals surface area contributed by atoms with Gasteiger partial charge in [-0.05, 0) is 23.9 Å². The standard InChI is InChI=1S/C12H7ClF2N2S/c1-5-4-18-11(9(5)13)12-16-8-3-6(14)2-7(15)10(8)17-12/h2-4H,1H3,(H,16,17). The lowest BCUT2D eigenvalue weighted by Gasteiger charge is -1.92. The zero-order valence-electron chi connectivity index (χ0n) is 9.22. The number of aromatic nitrogens is 2. The third-order valence-corrected chi connectivity index (χ3v) is 4.32. The predicted molar refractivity (Wildman–Crippen MR) is 69.1 cm³/mol. The van der Waals surface area contributed by atoms with Gasteiger partial charge in [-0.1, -0.05) is 11.6 Å². The topological polar surface area (TPSA) is 28.7 Å². The fourth-order valence-corrected chi connectivity index (χ4v) is 2.97. The molecule has 0 aliphatic carbocycles. The van der Waals surface area contributed by atoms with E-state index in [4.69, 9.17) is 11.6 Å². The quantitative estimate of drug-likeness (QED) is 0.699. The van der Waals surface area contributed by atoms with Crippen molar-refractivity contribution in [3.63, 3.8) is 0 Å². The lowest BCUT2D eigenvalue weighted by atomic mass is 10.3. The molecule has 1 N–H and O–H groups in total. The van der Waals surface area contributed by atoms with Crippen LogP contribution in [0.5, 0.6) is 0 Å². The minimum Gasteiger partial charge on any atom is -0.337 e. The first kappa shape index (κ1) is 11.6. The highest BCUT2D eigenvalue weighted by atomic mass is 35.5. The number of rotatable bonds is 1. The summed E-state index contributed by atoms with van der Waals surface area (Å²) in [6.07, 6.45) is 0. The normalized spacial score (nSPS) is 11.3. The second kappa shape index (κ2) is 4.03. The Labute approximate surface area is 110 Å². The molecule has 0 spiro atoms. The Morgan fingerprint density at radius 3 is 2.78 bits per heavy atom. The van der Waals surface area contributed by atoms with Crippen LogP contribution < -0.4 is 0 Å². The predicted octanol–water partition coefficient (Wildman–Crippen LogP) is 4.53. The van der Waals surface area contributed by atoms with Crippen LogP contribution in [0.2, 0.25) is 5.02 Å². The Morgan fingerprint density at radius 1 is 1.33 bits per heavy atom. The second-order valence-electron chi connectivity index (χ2n) is 3.93. The lowest BCUT2D eigenvalue weighted by molar-refractivity contribution is 0.591. The molecular weight excluding hydrogens is 278 g/mol. The molecule has 0 saturated heterocycles. The SMILES string of the molecule is Cc1csc(-c2nc3c(F)cc(F)cc3[nH]2)c1Cl. The maximum Gasteiger partial charge on any atom is 0.153 e. The molecule has 0 aliphatic heterocycles. The van der Waals surface area contributed by atoms with Crippen molar-refractivity contribution >= 4 is 34.0 Å². The number of benzene rings is 1. The van der Waals surface area contributed by atoms with E-state index in [-0.39, 0.29) is 5.52 Å². The average Bonchev–Trinajstić information content (AvgIpc) is 2.84. The number of nitrogens with zero attached hydrogens (tertiary/aromatic N) is 1. The summed E-state index contributed by atoms with van der Waals surface area (Å²) in [6, 6.07) is 2.03. The molecule has 0 saturated carbocycles. The van der Waals surface area contributed by atoms with E-state index in [0.29, 0.717) is 16.4 Å². The van der Waals surface area contributed by atoms with Crippen LogP contribution in [0.1, 0.15) is 5.56 Å². The molecule has 0 atom stereocenters. The van der Waals surface area contributed by atoms with Gasteiger partial charge < -0.3 is 4.98 Å². The number of H-pyrrole nitrogens is 1. The van der Waals surface area contributed by atoms with Crippen molar-refractivity contribution in [1.29, 1.82) is 0 Å². The van der Waals surface area contributed by atoms with Crippen LogP contribution in [0.15, 0.2) is 17.5 Å². The molecule has 3 aromatic rings. The number of imidazole rings is 1. The molecular formula is C12H7ClF2N2S. The molecule has 0 fully saturated rings. The minimum absolute atomic E-state index is 0.119.